The van der Waals surface area contributed by atoms with E-state index >= 15 is 0 Å². The summed E-state index contributed by atoms with van der Waals surface area (Å²) in [5.74, 6) is 0. The SMILES string of the molecule is Nc1c(Cl)cnc(CO)c1C(F)F. The Bertz CT molecular complexity index is 320. The maximum Gasteiger partial charge on any atom is 0.267 e. The molecule has 13 heavy (non-hydrogen) atoms. The second-order valence-electron chi connectivity index (χ2n) is 2.34. The van der Waals surface area contributed by atoms with E-state index in [1.54, 1.807) is 0 Å². The fourth-order valence-corrected chi connectivity index (χ4v) is 1.08. The highest BCUT2D eigenvalue weighted by Gasteiger charge is 2.19. The number of aromatic nitrogens is 1. The first-order valence-electron chi connectivity index (χ1n) is 3.39. The first kappa shape index (κ1) is 10.1. The molecule has 0 aliphatic rings. The normalized spacial score (nSPS) is 10.8. The summed E-state index contributed by atoms with van der Waals surface area (Å²) in [7, 11) is 0. The van der Waals surface area contributed by atoms with E-state index in [9.17, 15) is 8.78 Å². The first-order chi connectivity index (χ1) is 6.07. The van der Waals surface area contributed by atoms with Crippen molar-refractivity contribution in [2.75, 3.05) is 5.73 Å². The molecule has 0 saturated heterocycles. The van der Waals surface area contributed by atoms with Crippen molar-refractivity contribution in [1.82, 2.24) is 4.98 Å². The lowest BCUT2D eigenvalue weighted by Gasteiger charge is -2.09. The topological polar surface area (TPSA) is 59.1 Å². The third kappa shape index (κ3) is 1.87. The number of nitrogens with two attached hydrogens (primary N) is 1. The molecule has 3 N–H and O–H groups in total. The van der Waals surface area contributed by atoms with Gasteiger partial charge in [-0.25, -0.2) is 8.78 Å². The third-order valence-electron chi connectivity index (χ3n) is 1.56. The largest absolute Gasteiger partial charge is 0.397 e. The number of anilines is 1. The van der Waals surface area contributed by atoms with E-state index in [0.717, 1.165) is 6.20 Å². The first-order valence-corrected chi connectivity index (χ1v) is 3.77. The van der Waals surface area contributed by atoms with E-state index in [2.05, 4.69) is 4.98 Å². The Labute approximate surface area is 78.1 Å². The highest BCUT2D eigenvalue weighted by molar-refractivity contribution is 6.33. The van der Waals surface area contributed by atoms with E-state index in [4.69, 9.17) is 22.4 Å². The molecule has 0 atom stereocenters. The van der Waals surface area contributed by atoms with Crippen LogP contribution in [0.4, 0.5) is 14.5 Å². The van der Waals surface area contributed by atoms with Gasteiger partial charge in [0.1, 0.15) is 0 Å². The second-order valence-corrected chi connectivity index (χ2v) is 2.75. The van der Waals surface area contributed by atoms with Crippen molar-refractivity contribution in [1.29, 1.82) is 0 Å². The van der Waals surface area contributed by atoms with Gasteiger partial charge in [-0.2, -0.15) is 0 Å². The van der Waals surface area contributed by atoms with E-state index < -0.39 is 18.6 Å². The Morgan fingerprint density at radius 3 is 2.69 bits per heavy atom. The molecule has 0 spiro atoms. The smallest absolute Gasteiger partial charge is 0.267 e. The highest BCUT2D eigenvalue weighted by atomic mass is 35.5. The summed E-state index contributed by atoms with van der Waals surface area (Å²) in [6.07, 6.45) is -1.65. The average Bonchev–Trinajstić information content (AvgIpc) is 2.08. The van der Waals surface area contributed by atoms with E-state index in [1.165, 1.54) is 0 Å². The molecule has 0 saturated carbocycles. The molecular formula is C7H7ClF2N2O. The van der Waals surface area contributed by atoms with Gasteiger partial charge in [-0.1, -0.05) is 11.6 Å². The molecule has 0 fully saturated rings. The summed E-state index contributed by atoms with van der Waals surface area (Å²) in [5, 5.41) is 8.65. The van der Waals surface area contributed by atoms with E-state index in [1.807, 2.05) is 0 Å². The zero-order valence-corrected chi connectivity index (χ0v) is 7.22. The predicted molar refractivity (Wildman–Crippen MR) is 44.5 cm³/mol. The number of hydrogen-bond donors (Lipinski definition) is 2. The number of nitrogens with zero attached hydrogens (tertiary/aromatic N) is 1. The van der Waals surface area contributed by atoms with Crippen LogP contribution in [0.25, 0.3) is 0 Å². The molecule has 1 heterocycles. The fourth-order valence-electron chi connectivity index (χ4n) is 0.927. The molecule has 0 bridgehead atoms. The molecule has 0 aliphatic heterocycles. The molecule has 0 amide bonds. The van der Waals surface area contributed by atoms with Crippen molar-refractivity contribution in [3.05, 3.63) is 22.5 Å². The molecule has 3 nitrogen and oxygen atoms in total. The number of alkyl halides is 2. The minimum Gasteiger partial charge on any atom is -0.397 e. The van der Waals surface area contributed by atoms with Crippen LogP contribution in [0.5, 0.6) is 0 Å². The molecular weight excluding hydrogens is 202 g/mol. The summed E-state index contributed by atoms with van der Waals surface area (Å²) in [6, 6.07) is 0. The standard InChI is InChI=1S/C7H7ClF2N2O/c8-3-1-12-4(2-13)5(6(3)11)7(9)10/h1,7,13H,2H2,(H2,11,12). The lowest BCUT2D eigenvalue weighted by molar-refractivity contribution is 0.147. The highest BCUT2D eigenvalue weighted by Crippen LogP contribution is 2.32. The molecule has 72 valence electrons. The van der Waals surface area contributed by atoms with Crippen LogP contribution in [-0.4, -0.2) is 10.1 Å². The van der Waals surface area contributed by atoms with Gasteiger partial charge in [-0.05, 0) is 0 Å². The third-order valence-corrected chi connectivity index (χ3v) is 1.86. The Morgan fingerprint density at radius 1 is 1.62 bits per heavy atom. The number of rotatable bonds is 2. The van der Waals surface area contributed by atoms with Crippen molar-refractivity contribution >= 4 is 17.3 Å². The monoisotopic (exact) mass is 208 g/mol. The van der Waals surface area contributed by atoms with Gasteiger partial charge >= 0.3 is 0 Å². The molecule has 0 unspecified atom stereocenters. The number of pyridine rings is 1. The van der Waals surface area contributed by atoms with Crippen molar-refractivity contribution in [3.8, 4) is 0 Å². The Hall–Kier alpha value is -0.940. The number of nitrogen functional groups attached to an aromatic ring is 1. The number of aliphatic hydroxyl groups excluding tert-OH is 1. The van der Waals surface area contributed by atoms with Gasteiger partial charge < -0.3 is 10.8 Å². The van der Waals surface area contributed by atoms with Crippen LogP contribution in [0.3, 0.4) is 0 Å². The lowest BCUT2D eigenvalue weighted by atomic mass is 10.1. The quantitative estimate of drug-likeness (QED) is 0.779. The Balaban J connectivity index is 3.32. The molecule has 0 radical (unpaired) electrons. The zero-order chi connectivity index (χ0) is 10.0. The number of hydrogen-bond acceptors (Lipinski definition) is 3. The van der Waals surface area contributed by atoms with Crippen LogP contribution in [0.2, 0.25) is 5.02 Å². The summed E-state index contributed by atoms with van der Waals surface area (Å²) < 4.78 is 24.7. The number of halogens is 3. The maximum absolute atomic E-state index is 12.4. The van der Waals surface area contributed by atoms with E-state index in [-0.39, 0.29) is 16.4 Å². The predicted octanol–water partition coefficient (Wildman–Crippen LogP) is 1.75. The van der Waals surface area contributed by atoms with Gasteiger partial charge in [0.2, 0.25) is 0 Å². The summed E-state index contributed by atoms with van der Waals surface area (Å²) >= 11 is 5.48. The summed E-state index contributed by atoms with van der Waals surface area (Å²) in [6.45, 7) is -0.582. The number of aliphatic hydroxyl groups is 1. The van der Waals surface area contributed by atoms with Gasteiger partial charge in [-0.15, -0.1) is 0 Å². The maximum atomic E-state index is 12.4. The van der Waals surface area contributed by atoms with Gasteiger partial charge in [0, 0.05) is 6.20 Å². The van der Waals surface area contributed by atoms with Crippen molar-refractivity contribution in [2.24, 2.45) is 0 Å². The van der Waals surface area contributed by atoms with Crippen LogP contribution in [0, 0.1) is 0 Å². The molecule has 1 aromatic heterocycles. The Morgan fingerprint density at radius 2 is 2.23 bits per heavy atom. The van der Waals surface area contributed by atoms with Crippen LogP contribution >= 0.6 is 11.6 Å². The van der Waals surface area contributed by atoms with Crippen molar-refractivity contribution in [2.45, 2.75) is 13.0 Å². The fraction of sp³-hybridized carbons (Fsp3) is 0.286. The van der Waals surface area contributed by atoms with Crippen LogP contribution in [0.1, 0.15) is 17.7 Å². The minimum absolute atomic E-state index is 0.0347. The lowest BCUT2D eigenvalue weighted by Crippen LogP contribution is -2.04. The van der Waals surface area contributed by atoms with Gasteiger partial charge in [0.15, 0.2) is 0 Å². The summed E-state index contributed by atoms with van der Waals surface area (Å²) in [5.41, 5.74) is 4.44. The van der Waals surface area contributed by atoms with Crippen LogP contribution < -0.4 is 5.73 Å². The molecule has 1 aromatic rings. The zero-order valence-electron chi connectivity index (χ0n) is 6.47. The van der Waals surface area contributed by atoms with Gasteiger partial charge in [0.25, 0.3) is 6.43 Å². The minimum atomic E-state index is -2.78. The van der Waals surface area contributed by atoms with Crippen LogP contribution in [-0.2, 0) is 6.61 Å². The molecule has 6 heteroatoms. The molecule has 0 aromatic carbocycles. The molecule has 1 rings (SSSR count). The second kappa shape index (κ2) is 3.85. The van der Waals surface area contributed by atoms with Crippen LogP contribution in [0.15, 0.2) is 6.20 Å². The molecule has 0 aliphatic carbocycles. The van der Waals surface area contributed by atoms with Crippen molar-refractivity contribution in [3.63, 3.8) is 0 Å². The Kier molecular flexibility index (Phi) is 3.00. The van der Waals surface area contributed by atoms with Gasteiger partial charge in [0.05, 0.1) is 28.6 Å². The summed E-state index contributed by atoms with van der Waals surface area (Å²) in [4.78, 5) is 3.54. The van der Waals surface area contributed by atoms with E-state index in [0.29, 0.717) is 0 Å². The van der Waals surface area contributed by atoms with Crippen molar-refractivity contribution < 1.29 is 13.9 Å². The van der Waals surface area contributed by atoms with Gasteiger partial charge in [-0.3, -0.25) is 4.98 Å². The average molecular weight is 209 g/mol.